The molecule has 0 aliphatic heterocycles. The van der Waals surface area contributed by atoms with Crippen LogP contribution in [0.15, 0.2) is 24.3 Å². The van der Waals surface area contributed by atoms with Crippen LogP contribution in [-0.2, 0) is 11.3 Å². The minimum absolute atomic E-state index is 0.101. The fourth-order valence-corrected chi connectivity index (χ4v) is 1.87. The average molecular weight is 249 g/mol. The third-order valence-corrected chi connectivity index (χ3v) is 3.03. The predicted molar refractivity (Wildman–Crippen MR) is 75.5 cm³/mol. The molecule has 1 aromatic carbocycles. The third-order valence-electron chi connectivity index (χ3n) is 3.03. The predicted octanol–water partition coefficient (Wildman–Crippen LogP) is 1.50. The van der Waals surface area contributed by atoms with Crippen molar-refractivity contribution in [3.63, 3.8) is 0 Å². The molecule has 0 atom stereocenters. The first-order valence-electron chi connectivity index (χ1n) is 6.45. The molecule has 18 heavy (non-hydrogen) atoms. The van der Waals surface area contributed by atoms with Gasteiger partial charge in [0.1, 0.15) is 0 Å². The van der Waals surface area contributed by atoms with Crippen molar-refractivity contribution >= 4 is 11.6 Å². The standard InChI is InChI=1S/C14H23N3O/c1-3-17(10-4-5-14(18)16-2)13-8-6-12(11-15)7-9-13/h6-9H,3-5,10-11,15H2,1-2H3,(H,16,18). The zero-order valence-electron chi connectivity index (χ0n) is 11.3. The van der Waals surface area contributed by atoms with E-state index in [4.69, 9.17) is 5.73 Å². The van der Waals surface area contributed by atoms with E-state index in [1.54, 1.807) is 7.05 Å². The van der Waals surface area contributed by atoms with Crippen LogP contribution >= 0.6 is 0 Å². The number of carbonyl (C=O) groups is 1. The molecule has 0 fully saturated rings. The summed E-state index contributed by atoms with van der Waals surface area (Å²) in [5.41, 5.74) is 7.90. The molecule has 0 heterocycles. The van der Waals surface area contributed by atoms with Crippen molar-refractivity contribution in [2.45, 2.75) is 26.3 Å². The molecule has 0 bridgehead atoms. The summed E-state index contributed by atoms with van der Waals surface area (Å²) in [6.45, 7) is 4.53. The first-order valence-corrected chi connectivity index (χ1v) is 6.45. The van der Waals surface area contributed by atoms with Gasteiger partial charge in [0, 0.05) is 38.8 Å². The van der Waals surface area contributed by atoms with Crippen LogP contribution in [0.5, 0.6) is 0 Å². The Labute approximate surface area is 109 Å². The highest BCUT2D eigenvalue weighted by Crippen LogP contribution is 2.15. The normalized spacial score (nSPS) is 10.2. The molecule has 3 N–H and O–H groups in total. The van der Waals surface area contributed by atoms with Gasteiger partial charge in [0.25, 0.3) is 0 Å². The highest BCUT2D eigenvalue weighted by atomic mass is 16.1. The van der Waals surface area contributed by atoms with Crippen molar-refractivity contribution < 1.29 is 4.79 Å². The Bertz CT molecular complexity index is 362. The van der Waals surface area contributed by atoms with E-state index >= 15 is 0 Å². The maximum absolute atomic E-state index is 11.2. The fourth-order valence-electron chi connectivity index (χ4n) is 1.87. The van der Waals surface area contributed by atoms with Crippen LogP contribution in [0.1, 0.15) is 25.3 Å². The molecular weight excluding hydrogens is 226 g/mol. The number of rotatable bonds is 7. The van der Waals surface area contributed by atoms with Crippen molar-refractivity contribution in [3.8, 4) is 0 Å². The van der Waals surface area contributed by atoms with Crippen molar-refractivity contribution in [2.75, 3.05) is 25.0 Å². The minimum atomic E-state index is 0.101. The van der Waals surface area contributed by atoms with Gasteiger partial charge in [0.05, 0.1) is 0 Å². The Morgan fingerprint density at radius 2 is 2.00 bits per heavy atom. The molecule has 0 aliphatic rings. The summed E-state index contributed by atoms with van der Waals surface area (Å²) in [5, 5.41) is 2.64. The first kappa shape index (κ1) is 14.5. The number of hydrogen-bond acceptors (Lipinski definition) is 3. The van der Waals surface area contributed by atoms with E-state index in [9.17, 15) is 4.79 Å². The fraction of sp³-hybridized carbons (Fsp3) is 0.500. The van der Waals surface area contributed by atoms with Gasteiger partial charge in [-0.25, -0.2) is 0 Å². The number of amides is 1. The van der Waals surface area contributed by atoms with E-state index in [0.29, 0.717) is 13.0 Å². The minimum Gasteiger partial charge on any atom is -0.372 e. The molecule has 1 aromatic rings. The Balaban J connectivity index is 2.51. The zero-order chi connectivity index (χ0) is 13.4. The Kier molecular flexibility index (Phi) is 6.22. The Hall–Kier alpha value is -1.55. The van der Waals surface area contributed by atoms with Gasteiger partial charge in [-0.3, -0.25) is 4.79 Å². The quantitative estimate of drug-likeness (QED) is 0.770. The van der Waals surface area contributed by atoms with Gasteiger partial charge in [-0.05, 0) is 31.0 Å². The number of hydrogen-bond donors (Lipinski definition) is 2. The molecule has 0 saturated heterocycles. The zero-order valence-corrected chi connectivity index (χ0v) is 11.3. The Morgan fingerprint density at radius 3 is 2.50 bits per heavy atom. The molecule has 0 unspecified atom stereocenters. The smallest absolute Gasteiger partial charge is 0.219 e. The summed E-state index contributed by atoms with van der Waals surface area (Å²) in [6.07, 6.45) is 1.44. The highest BCUT2D eigenvalue weighted by molar-refractivity contribution is 5.75. The van der Waals surface area contributed by atoms with E-state index in [1.807, 2.05) is 0 Å². The van der Waals surface area contributed by atoms with Crippen LogP contribution < -0.4 is 16.0 Å². The van der Waals surface area contributed by atoms with E-state index in [0.717, 1.165) is 25.1 Å². The molecule has 0 radical (unpaired) electrons. The van der Waals surface area contributed by atoms with E-state index in [1.165, 1.54) is 5.69 Å². The van der Waals surface area contributed by atoms with E-state index in [2.05, 4.69) is 41.4 Å². The molecule has 1 rings (SSSR count). The largest absolute Gasteiger partial charge is 0.372 e. The van der Waals surface area contributed by atoms with Gasteiger partial charge in [-0.1, -0.05) is 12.1 Å². The number of benzene rings is 1. The SMILES string of the molecule is CCN(CCCC(=O)NC)c1ccc(CN)cc1. The maximum Gasteiger partial charge on any atom is 0.219 e. The molecule has 0 aromatic heterocycles. The number of nitrogens with one attached hydrogen (secondary N) is 1. The molecule has 4 heteroatoms. The van der Waals surface area contributed by atoms with Gasteiger partial charge in [0.2, 0.25) is 5.91 Å². The van der Waals surface area contributed by atoms with E-state index < -0.39 is 0 Å². The topological polar surface area (TPSA) is 58.4 Å². The lowest BCUT2D eigenvalue weighted by atomic mass is 10.2. The van der Waals surface area contributed by atoms with Crippen molar-refractivity contribution in [1.29, 1.82) is 0 Å². The van der Waals surface area contributed by atoms with Crippen LogP contribution in [-0.4, -0.2) is 26.0 Å². The second kappa shape index (κ2) is 7.71. The van der Waals surface area contributed by atoms with Gasteiger partial charge < -0.3 is 16.0 Å². The van der Waals surface area contributed by atoms with Crippen LogP contribution in [0.25, 0.3) is 0 Å². The van der Waals surface area contributed by atoms with Crippen molar-refractivity contribution in [1.82, 2.24) is 5.32 Å². The second-order valence-corrected chi connectivity index (χ2v) is 4.23. The number of anilines is 1. The molecular formula is C14H23N3O. The first-order chi connectivity index (χ1) is 8.71. The summed E-state index contributed by atoms with van der Waals surface area (Å²) in [5.74, 6) is 0.101. The van der Waals surface area contributed by atoms with Gasteiger partial charge in [-0.2, -0.15) is 0 Å². The van der Waals surface area contributed by atoms with Crippen molar-refractivity contribution in [3.05, 3.63) is 29.8 Å². The third kappa shape index (κ3) is 4.37. The molecule has 0 saturated carbocycles. The number of nitrogens with zero attached hydrogens (tertiary/aromatic N) is 1. The molecule has 4 nitrogen and oxygen atoms in total. The average Bonchev–Trinajstić information content (AvgIpc) is 2.43. The molecule has 100 valence electrons. The van der Waals surface area contributed by atoms with Gasteiger partial charge >= 0.3 is 0 Å². The molecule has 0 aliphatic carbocycles. The van der Waals surface area contributed by atoms with Gasteiger partial charge in [0.15, 0.2) is 0 Å². The van der Waals surface area contributed by atoms with Crippen LogP contribution in [0, 0.1) is 0 Å². The summed E-state index contributed by atoms with van der Waals surface area (Å²) in [4.78, 5) is 13.4. The Morgan fingerprint density at radius 1 is 1.33 bits per heavy atom. The number of nitrogens with two attached hydrogens (primary N) is 1. The van der Waals surface area contributed by atoms with Crippen molar-refractivity contribution in [2.24, 2.45) is 5.73 Å². The summed E-state index contributed by atoms with van der Waals surface area (Å²) < 4.78 is 0. The monoisotopic (exact) mass is 249 g/mol. The lowest BCUT2D eigenvalue weighted by Gasteiger charge is -2.23. The van der Waals surface area contributed by atoms with Gasteiger partial charge in [-0.15, -0.1) is 0 Å². The van der Waals surface area contributed by atoms with E-state index in [-0.39, 0.29) is 5.91 Å². The molecule has 1 amide bonds. The summed E-state index contributed by atoms with van der Waals surface area (Å²) in [6, 6.07) is 8.28. The lowest BCUT2D eigenvalue weighted by molar-refractivity contribution is -0.120. The summed E-state index contributed by atoms with van der Waals surface area (Å²) in [7, 11) is 1.67. The molecule has 0 spiro atoms. The van der Waals surface area contributed by atoms with Crippen LogP contribution in [0.2, 0.25) is 0 Å². The highest BCUT2D eigenvalue weighted by Gasteiger charge is 2.05. The number of carbonyl (C=O) groups excluding carboxylic acids is 1. The lowest BCUT2D eigenvalue weighted by Crippen LogP contribution is -2.26. The van der Waals surface area contributed by atoms with Crippen LogP contribution in [0.4, 0.5) is 5.69 Å². The van der Waals surface area contributed by atoms with Crippen LogP contribution in [0.3, 0.4) is 0 Å². The maximum atomic E-state index is 11.2. The summed E-state index contributed by atoms with van der Waals surface area (Å²) >= 11 is 0. The second-order valence-electron chi connectivity index (χ2n) is 4.23.